The molecule has 0 aliphatic heterocycles. The maximum Gasteiger partial charge on any atom is 0.416 e. The number of nitrogens with one attached hydrogen (secondary N) is 2. The summed E-state index contributed by atoms with van der Waals surface area (Å²) in [5, 5.41) is 10.8. The third-order valence-electron chi connectivity index (χ3n) is 4.15. The van der Waals surface area contributed by atoms with Crippen LogP contribution in [-0.4, -0.2) is 28.4 Å². The number of anilines is 1. The van der Waals surface area contributed by atoms with Gasteiger partial charge < -0.3 is 5.32 Å². The lowest BCUT2D eigenvalue weighted by Crippen LogP contribution is -2.25. The zero-order valence-electron chi connectivity index (χ0n) is 16.0. The molecule has 0 fully saturated rings. The topological polar surface area (TPSA) is 71.3 Å². The molecule has 0 aliphatic carbocycles. The highest BCUT2D eigenvalue weighted by atomic mass is 35.5. The van der Waals surface area contributed by atoms with Gasteiger partial charge in [0.2, 0.25) is 0 Å². The number of amides is 1. The fourth-order valence-corrected chi connectivity index (χ4v) is 2.92. The average molecular weight is 454 g/mol. The number of aryl methyl sites for hydroxylation is 1. The predicted molar refractivity (Wildman–Crippen MR) is 109 cm³/mol. The van der Waals surface area contributed by atoms with E-state index in [4.69, 9.17) is 11.6 Å². The Morgan fingerprint density at radius 1 is 1.23 bits per heavy atom. The highest BCUT2D eigenvalue weighted by molar-refractivity contribution is 6.32. The Balaban J connectivity index is 1.67. The van der Waals surface area contributed by atoms with Gasteiger partial charge in [0.25, 0.3) is 5.91 Å². The third kappa shape index (κ3) is 5.60. The molecule has 0 unspecified atom stereocenters. The van der Waals surface area contributed by atoms with E-state index in [1.165, 1.54) is 42.6 Å². The van der Waals surface area contributed by atoms with Crippen molar-refractivity contribution in [3.05, 3.63) is 76.3 Å². The van der Waals surface area contributed by atoms with E-state index in [2.05, 4.69) is 20.9 Å². The van der Waals surface area contributed by atoms with Crippen LogP contribution in [0.1, 0.15) is 16.8 Å². The molecule has 1 heterocycles. The minimum atomic E-state index is -4.50. The van der Waals surface area contributed by atoms with Crippen molar-refractivity contribution in [3.8, 4) is 5.69 Å². The van der Waals surface area contributed by atoms with E-state index < -0.39 is 23.5 Å². The first-order valence-corrected chi connectivity index (χ1v) is 9.27. The van der Waals surface area contributed by atoms with Crippen LogP contribution in [0.15, 0.2) is 53.6 Å². The molecule has 11 heteroatoms. The van der Waals surface area contributed by atoms with Gasteiger partial charge in [-0.15, -0.1) is 0 Å². The van der Waals surface area contributed by atoms with Gasteiger partial charge in [0.15, 0.2) is 0 Å². The van der Waals surface area contributed by atoms with Crippen LogP contribution < -0.4 is 10.7 Å². The molecule has 1 amide bonds. The van der Waals surface area contributed by atoms with Crippen molar-refractivity contribution in [2.45, 2.75) is 13.1 Å². The van der Waals surface area contributed by atoms with E-state index in [9.17, 15) is 22.4 Å². The Kier molecular flexibility index (Phi) is 6.59. The summed E-state index contributed by atoms with van der Waals surface area (Å²) in [6.07, 6.45) is -3.24. The number of aromatic nitrogens is 2. The number of rotatable bonds is 6. The number of benzene rings is 2. The number of alkyl halides is 3. The quantitative estimate of drug-likeness (QED) is 0.327. The van der Waals surface area contributed by atoms with Crippen molar-refractivity contribution in [2.24, 2.45) is 5.10 Å². The average Bonchev–Trinajstić information content (AvgIpc) is 3.01. The second-order valence-corrected chi connectivity index (χ2v) is 6.76. The SMILES string of the molecule is Cc1nn(-c2cccc(C(F)(F)F)c2)c(Cl)c1C=NNC(=O)CNc1ccc(F)cc1. The molecule has 1 aromatic heterocycles. The number of hydrogen-bond acceptors (Lipinski definition) is 4. The second kappa shape index (κ2) is 9.17. The molecule has 0 radical (unpaired) electrons. The van der Waals surface area contributed by atoms with Gasteiger partial charge in [-0.05, 0) is 49.4 Å². The molecule has 2 aromatic carbocycles. The van der Waals surface area contributed by atoms with Gasteiger partial charge >= 0.3 is 6.18 Å². The minimum Gasteiger partial charge on any atom is -0.376 e. The smallest absolute Gasteiger partial charge is 0.376 e. The number of carbonyl (C=O) groups excluding carboxylic acids is 1. The maximum atomic E-state index is 13.0. The van der Waals surface area contributed by atoms with Crippen LogP contribution in [0.2, 0.25) is 5.15 Å². The first-order chi connectivity index (χ1) is 14.6. The van der Waals surface area contributed by atoms with Gasteiger partial charge in [0.05, 0.1) is 35.3 Å². The summed E-state index contributed by atoms with van der Waals surface area (Å²) >= 11 is 6.27. The maximum absolute atomic E-state index is 13.0. The lowest BCUT2D eigenvalue weighted by Gasteiger charge is -2.09. The lowest BCUT2D eigenvalue weighted by molar-refractivity contribution is -0.137. The summed E-state index contributed by atoms with van der Waals surface area (Å²) in [4.78, 5) is 11.9. The molecule has 3 rings (SSSR count). The normalized spacial score (nSPS) is 11.7. The van der Waals surface area contributed by atoms with Crippen LogP contribution in [0.4, 0.5) is 23.2 Å². The zero-order valence-corrected chi connectivity index (χ0v) is 16.8. The summed E-state index contributed by atoms with van der Waals surface area (Å²) < 4.78 is 52.9. The monoisotopic (exact) mass is 453 g/mol. The van der Waals surface area contributed by atoms with E-state index in [-0.39, 0.29) is 17.4 Å². The first kappa shape index (κ1) is 22.3. The van der Waals surface area contributed by atoms with E-state index >= 15 is 0 Å². The molecule has 0 spiro atoms. The van der Waals surface area contributed by atoms with Gasteiger partial charge in [-0.3, -0.25) is 4.79 Å². The van der Waals surface area contributed by atoms with Crippen molar-refractivity contribution in [2.75, 3.05) is 11.9 Å². The first-order valence-electron chi connectivity index (χ1n) is 8.89. The molecule has 6 nitrogen and oxygen atoms in total. The molecular weight excluding hydrogens is 438 g/mol. The Morgan fingerprint density at radius 2 is 1.94 bits per heavy atom. The fraction of sp³-hybridized carbons (Fsp3) is 0.150. The van der Waals surface area contributed by atoms with Gasteiger partial charge in [0, 0.05) is 5.69 Å². The van der Waals surface area contributed by atoms with Crippen LogP contribution in [-0.2, 0) is 11.0 Å². The number of hydrazone groups is 1. The minimum absolute atomic E-state index is 0.0410. The molecular formula is C20H16ClF4N5O. The largest absolute Gasteiger partial charge is 0.416 e. The Hall–Kier alpha value is -3.40. The third-order valence-corrected chi connectivity index (χ3v) is 4.51. The number of carbonyl (C=O) groups is 1. The van der Waals surface area contributed by atoms with Crippen LogP contribution >= 0.6 is 11.6 Å². The molecule has 2 N–H and O–H groups in total. The highest BCUT2D eigenvalue weighted by Crippen LogP contribution is 2.31. The van der Waals surface area contributed by atoms with Crippen LogP contribution in [0.5, 0.6) is 0 Å². The summed E-state index contributed by atoms with van der Waals surface area (Å²) in [5.41, 5.74) is 2.90. The molecule has 31 heavy (non-hydrogen) atoms. The van der Waals surface area contributed by atoms with E-state index in [1.807, 2.05) is 0 Å². The van der Waals surface area contributed by atoms with Crippen molar-refractivity contribution >= 4 is 29.4 Å². The second-order valence-electron chi connectivity index (χ2n) is 6.40. The summed E-state index contributed by atoms with van der Waals surface area (Å²) in [7, 11) is 0. The summed E-state index contributed by atoms with van der Waals surface area (Å²) in [5.74, 6) is -0.864. The van der Waals surface area contributed by atoms with Gasteiger partial charge in [-0.2, -0.15) is 23.4 Å². The number of hydrogen-bond donors (Lipinski definition) is 2. The molecule has 0 aliphatic rings. The number of nitrogens with zero attached hydrogens (tertiary/aromatic N) is 3. The van der Waals surface area contributed by atoms with Crippen molar-refractivity contribution in [1.29, 1.82) is 0 Å². The molecule has 162 valence electrons. The predicted octanol–water partition coefficient (Wildman–Crippen LogP) is 4.55. The summed E-state index contributed by atoms with van der Waals surface area (Å²) in [6.45, 7) is 1.49. The highest BCUT2D eigenvalue weighted by Gasteiger charge is 2.30. The van der Waals surface area contributed by atoms with Crippen LogP contribution in [0.25, 0.3) is 5.69 Å². The van der Waals surface area contributed by atoms with Crippen LogP contribution in [0.3, 0.4) is 0 Å². The van der Waals surface area contributed by atoms with Crippen molar-refractivity contribution in [3.63, 3.8) is 0 Å². The van der Waals surface area contributed by atoms with Crippen molar-refractivity contribution in [1.82, 2.24) is 15.2 Å². The summed E-state index contributed by atoms with van der Waals surface area (Å²) in [6, 6.07) is 10.1. The lowest BCUT2D eigenvalue weighted by atomic mass is 10.2. The number of halogens is 5. The Bertz CT molecular complexity index is 1110. The molecule has 0 saturated carbocycles. The Morgan fingerprint density at radius 3 is 2.61 bits per heavy atom. The van der Waals surface area contributed by atoms with E-state index in [0.717, 1.165) is 16.8 Å². The van der Waals surface area contributed by atoms with E-state index in [1.54, 1.807) is 6.92 Å². The van der Waals surface area contributed by atoms with Crippen LogP contribution in [0, 0.1) is 12.7 Å². The van der Waals surface area contributed by atoms with Gasteiger partial charge in [0.1, 0.15) is 11.0 Å². The van der Waals surface area contributed by atoms with Gasteiger partial charge in [-0.25, -0.2) is 14.5 Å². The van der Waals surface area contributed by atoms with Gasteiger partial charge in [-0.1, -0.05) is 17.7 Å². The zero-order chi connectivity index (χ0) is 22.6. The molecule has 0 saturated heterocycles. The van der Waals surface area contributed by atoms with E-state index in [0.29, 0.717) is 16.9 Å². The Labute approximate surface area is 179 Å². The molecule has 3 aromatic rings. The van der Waals surface area contributed by atoms with Crippen molar-refractivity contribution < 1.29 is 22.4 Å². The fourth-order valence-electron chi connectivity index (χ4n) is 2.60. The standard InChI is InChI=1S/C20H16ClF4N5O/c1-12-17(10-27-28-18(31)11-26-15-7-5-14(22)6-8-15)19(21)30(29-12)16-4-2-3-13(9-16)20(23,24)25/h2-10,26H,11H2,1H3,(H,28,31). The molecule has 0 atom stereocenters. The molecule has 0 bridgehead atoms.